The Morgan fingerprint density at radius 2 is 2.08 bits per heavy atom. The summed E-state index contributed by atoms with van der Waals surface area (Å²) in [5, 5.41) is 0. The number of hydrogen-bond acceptors (Lipinski definition) is 2. The van der Waals surface area contributed by atoms with Crippen LogP contribution >= 0.6 is 47.8 Å². The largest absolute Gasteiger partial charge is 0.292 e. The van der Waals surface area contributed by atoms with Crippen LogP contribution in [-0.2, 0) is 0 Å². The first kappa shape index (κ1) is 10.3. The van der Waals surface area contributed by atoms with E-state index in [-0.39, 0.29) is 9.52 Å². The highest BCUT2D eigenvalue weighted by atomic mass is 79.9. The molecule has 0 N–H and O–H groups in total. The summed E-state index contributed by atoms with van der Waals surface area (Å²) in [6.07, 6.45) is 1.53. The van der Waals surface area contributed by atoms with Crippen LogP contribution in [0.25, 0.3) is 0 Å². The van der Waals surface area contributed by atoms with Crippen molar-refractivity contribution in [3.63, 3.8) is 0 Å². The molecule has 0 aromatic carbocycles. The van der Waals surface area contributed by atoms with Gasteiger partial charge in [-0.1, -0.05) is 31.9 Å². The monoisotopic (exact) mass is 355 g/mol. The zero-order valence-corrected chi connectivity index (χ0v) is 10.6. The van der Waals surface area contributed by atoms with Crippen molar-refractivity contribution >= 4 is 53.6 Å². The molecule has 5 heteroatoms. The number of halogens is 3. The summed E-state index contributed by atoms with van der Waals surface area (Å²) in [7, 11) is 0. The molecule has 0 aliphatic heterocycles. The van der Waals surface area contributed by atoms with Crippen LogP contribution < -0.4 is 0 Å². The van der Waals surface area contributed by atoms with Gasteiger partial charge < -0.3 is 0 Å². The van der Waals surface area contributed by atoms with Gasteiger partial charge in [0.2, 0.25) is 0 Å². The number of pyridine rings is 1. The van der Waals surface area contributed by atoms with Crippen LogP contribution in [0.5, 0.6) is 0 Å². The minimum atomic E-state index is -0.340. The fraction of sp³-hybridized carbons (Fsp3) is 0.143. The van der Waals surface area contributed by atoms with E-state index in [9.17, 15) is 4.79 Å². The Labute approximate surface area is 95.1 Å². The smallest absolute Gasteiger partial charge is 0.188 e. The third kappa shape index (κ3) is 2.64. The number of ketones is 1. The van der Waals surface area contributed by atoms with E-state index in [4.69, 9.17) is 0 Å². The standard InChI is InChI=1S/C7H4Br3NO/c8-5-2-1-4(3-11-5)6(12)7(9)10/h1-3,7H. The topological polar surface area (TPSA) is 30.0 Å². The van der Waals surface area contributed by atoms with Crippen LogP contribution in [0, 0.1) is 0 Å². The van der Waals surface area contributed by atoms with Gasteiger partial charge in [-0.25, -0.2) is 4.98 Å². The Balaban J connectivity index is 2.90. The molecular weight excluding hydrogens is 354 g/mol. The SMILES string of the molecule is O=C(c1ccc(Br)nc1)C(Br)Br. The summed E-state index contributed by atoms with van der Waals surface area (Å²) >= 11 is 9.43. The molecule has 0 fully saturated rings. The molecule has 0 saturated heterocycles. The summed E-state index contributed by atoms with van der Waals surface area (Å²) in [6, 6.07) is 3.45. The van der Waals surface area contributed by atoms with Gasteiger partial charge in [-0.3, -0.25) is 4.79 Å². The average Bonchev–Trinajstić information content (AvgIpc) is 2.04. The van der Waals surface area contributed by atoms with Gasteiger partial charge in [0, 0.05) is 11.8 Å². The van der Waals surface area contributed by atoms with Crippen LogP contribution in [-0.4, -0.2) is 14.5 Å². The minimum absolute atomic E-state index is 0.0324. The maximum Gasteiger partial charge on any atom is 0.188 e. The van der Waals surface area contributed by atoms with Crippen molar-refractivity contribution in [1.82, 2.24) is 4.98 Å². The molecule has 0 aliphatic carbocycles. The predicted octanol–water partition coefficient (Wildman–Crippen LogP) is 3.14. The van der Waals surface area contributed by atoms with Crippen molar-refractivity contribution in [3.8, 4) is 0 Å². The highest BCUT2D eigenvalue weighted by Crippen LogP contribution is 2.16. The fourth-order valence-electron chi connectivity index (χ4n) is 0.648. The van der Waals surface area contributed by atoms with E-state index in [1.807, 2.05) is 0 Å². The lowest BCUT2D eigenvalue weighted by atomic mass is 10.2. The number of carbonyl (C=O) groups is 1. The molecule has 1 aromatic rings. The maximum absolute atomic E-state index is 11.3. The van der Waals surface area contributed by atoms with E-state index < -0.39 is 0 Å². The minimum Gasteiger partial charge on any atom is -0.292 e. The third-order valence-electron chi connectivity index (χ3n) is 1.21. The molecule has 0 bridgehead atoms. The summed E-state index contributed by atoms with van der Waals surface area (Å²) < 4.78 is 0.382. The Hall–Kier alpha value is 0.260. The number of nitrogens with zero attached hydrogens (tertiary/aromatic N) is 1. The van der Waals surface area contributed by atoms with Gasteiger partial charge >= 0.3 is 0 Å². The van der Waals surface area contributed by atoms with Crippen LogP contribution in [0.4, 0.5) is 0 Å². The Bertz CT molecular complexity index is 283. The zero-order valence-electron chi connectivity index (χ0n) is 5.80. The lowest BCUT2D eigenvalue weighted by molar-refractivity contribution is 0.101. The lowest BCUT2D eigenvalue weighted by Crippen LogP contribution is -2.07. The molecule has 0 spiro atoms. The Kier molecular flexibility index (Phi) is 3.86. The molecular formula is C7H4Br3NO. The quantitative estimate of drug-likeness (QED) is 0.462. The molecule has 0 amide bonds. The van der Waals surface area contributed by atoms with Gasteiger partial charge in [-0.2, -0.15) is 0 Å². The molecule has 0 aliphatic rings. The highest BCUT2D eigenvalue weighted by Gasteiger charge is 2.12. The zero-order chi connectivity index (χ0) is 9.14. The Morgan fingerprint density at radius 1 is 1.42 bits per heavy atom. The molecule has 0 saturated carbocycles. The van der Waals surface area contributed by atoms with Gasteiger partial charge in [0.15, 0.2) is 5.78 Å². The van der Waals surface area contributed by atoms with Gasteiger partial charge in [-0.15, -0.1) is 0 Å². The summed E-state index contributed by atoms with van der Waals surface area (Å²) in [6.45, 7) is 0. The van der Waals surface area contributed by atoms with Gasteiger partial charge in [-0.05, 0) is 28.1 Å². The second-order valence-corrected chi connectivity index (χ2v) is 5.91. The first-order chi connectivity index (χ1) is 5.61. The summed E-state index contributed by atoms with van der Waals surface area (Å²) in [5.41, 5.74) is 0.581. The van der Waals surface area contributed by atoms with E-state index in [1.165, 1.54) is 6.20 Å². The van der Waals surface area contributed by atoms with Crippen molar-refractivity contribution in [2.45, 2.75) is 3.74 Å². The normalized spacial score (nSPS) is 10.3. The molecule has 1 heterocycles. The van der Waals surface area contributed by atoms with Crippen LogP contribution in [0.2, 0.25) is 0 Å². The van der Waals surface area contributed by atoms with Crippen LogP contribution in [0.1, 0.15) is 10.4 Å². The van der Waals surface area contributed by atoms with E-state index in [0.717, 1.165) is 4.60 Å². The fourth-order valence-corrected chi connectivity index (χ4v) is 1.41. The van der Waals surface area contributed by atoms with Crippen molar-refractivity contribution < 1.29 is 4.79 Å². The summed E-state index contributed by atoms with van der Waals surface area (Å²) in [5.74, 6) is -0.0324. The van der Waals surface area contributed by atoms with Crippen molar-refractivity contribution in [1.29, 1.82) is 0 Å². The molecule has 0 unspecified atom stereocenters. The van der Waals surface area contributed by atoms with Crippen molar-refractivity contribution in [2.75, 3.05) is 0 Å². The molecule has 0 radical (unpaired) electrons. The molecule has 12 heavy (non-hydrogen) atoms. The van der Waals surface area contributed by atoms with Crippen LogP contribution in [0.3, 0.4) is 0 Å². The number of rotatable bonds is 2. The molecule has 1 aromatic heterocycles. The number of hydrogen-bond donors (Lipinski definition) is 0. The van der Waals surface area contributed by atoms with Crippen molar-refractivity contribution in [2.24, 2.45) is 0 Å². The molecule has 0 atom stereocenters. The van der Waals surface area contributed by atoms with Gasteiger partial charge in [0.05, 0.1) is 0 Å². The number of Topliss-reactive ketones (excluding diaryl/α,β-unsaturated/α-hetero) is 1. The molecule has 64 valence electrons. The average molecular weight is 358 g/mol. The summed E-state index contributed by atoms with van der Waals surface area (Å²) in [4.78, 5) is 15.2. The first-order valence-electron chi connectivity index (χ1n) is 3.05. The molecule has 1 rings (SSSR count). The Morgan fingerprint density at radius 3 is 2.50 bits per heavy atom. The van der Waals surface area contributed by atoms with Crippen molar-refractivity contribution in [3.05, 3.63) is 28.5 Å². The number of aromatic nitrogens is 1. The third-order valence-corrected chi connectivity index (χ3v) is 2.51. The second kappa shape index (κ2) is 4.48. The predicted molar refractivity (Wildman–Crippen MR) is 57.9 cm³/mol. The van der Waals surface area contributed by atoms with E-state index in [2.05, 4.69) is 52.8 Å². The highest BCUT2D eigenvalue weighted by molar-refractivity contribution is 9.25. The van der Waals surface area contributed by atoms with E-state index >= 15 is 0 Å². The van der Waals surface area contributed by atoms with E-state index in [1.54, 1.807) is 12.1 Å². The first-order valence-corrected chi connectivity index (χ1v) is 5.67. The lowest BCUT2D eigenvalue weighted by Gasteiger charge is -1.99. The van der Waals surface area contributed by atoms with Crippen LogP contribution in [0.15, 0.2) is 22.9 Å². The van der Waals surface area contributed by atoms with Gasteiger partial charge in [0.1, 0.15) is 8.34 Å². The van der Waals surface area contributed by atoms with Gasteiger partial charge in [0.25, 0.3) is 0 Å². The second-order valence-electron chi connectivity index (χ2n) is 2.03. The number of alkyl halides is 2. The molecule has 2 nitrogen and oxygen atoms in total. The maximum atomic E-state index is 11.3. The number of carbonyl (C=O) groups excluding carboxylic acids is 1. The van der Waals surface area contributed by atoms with E-state index in [0.29, 0.717) is 5.56 Å².